The molecule has 1 fully saturated rings. The van der Waals surface area contributed by atoms with Crippen LogP contribution in [0.5, 0.6) is 11.5 Å². The molecule has 10 nitrogen and oxygen atoms in total. The van der Waals surface area contributed by atoms with E-state index in [1.54, 1.807) is 18.8 Å². The summed E-state index contributed by atoms with van der Waals surface area (Å²) in [6.07, 6.45) is 0.190. The molecule has 1 aliphatic heterocycles. The first-order valence-electron chi connectivity index (χ1n) is 9.47. The quantitative estimate of drug-likeness (QED) is 0.535. The van der Waals surface area contributed by atoms with E-state index in [0.29, 0.717) is 39.7 Å². The third-order valence-corrected chi connectivity index (χ3v) is 5.74. The Morgan fingerprint density at radius 2 is 1.90 bits per heavy atom. The molecule has 4 rings (SSSR count). The van der Waals surface area contributed by atoms with E-state index in [1.807, 2.05) is 37.3 Å². The number of urea groups is 1. The van der Waals surface area contributed by atoms with Gasteiger partial charge in [0.1, 0.15) is 22.9 Å². The van der Waals surface area contributed by atoms with Crippen molar-refractivity contribution in [2.24, 2.45) is 0 Å². The SMILES string of the molecule is COc1cccc(OC)c1-n1c(SCC2CC(=O)NC(=O)N2)nnc1-c1ccc(C)o1. The molecular formula is C20H21N5O5S. The van der Waals surface area contributed by atoms with Crippen LogP contribution in [0.1, 0.15) is 12.2 Å². The highest BCUT2D eigenvalue weighted by Crippen LogP contribution is 2.38. The number of hydrogen-bond donors (Lipinski definition) is 2. The number of rotatable bonds is 7. The molecule has 1 aromatic carbocycles. The Bertz CT molecular complexity index is 1090. The zero-order valence-electron chi connectivity index (χ0n) is 17.2. The van der Waals surface area contributed by atoms with Crippen molar-refractivity contribution >= 4 is 23.7 Å². The van der Waals surface area contributed by atoms with Crippen molar-refractivity contribution < 1.29 is 23.5 Å². The van der Waals surface area contributed by atoms with Crippen LogP contribution in [-0.2, 0) is 4.79 Å². The number of nitrogens with one attached hydrogen (secondary N) is 2. The first-order valence-corrected chi connectivity index (χ1v) is 10.5. The van der Waals surface area contributed by atoms with Crippen LogP contribution >= 0.6 is 11.8 Å². The average Bonchev–Trinajstić information content (AvgIpc) is 3.36. The molecule has 31 heavy (non-hydrogen) atoms. The Morgan fingerprint density at radius 3 is 2.52 bits per heavy atom. The molecule has 0 radical (unpaired) electrons. The molecule has 0 aliphatic carbocycles. The molecule has 2 aromatic heterocycles. The summed E-state index contributed by atoms with van der Waals surface area (Å²) in [4.78, 5) is 23.3. The number of aryl methyl sites for hydroxylation is 1. The molecule has 3 heterocycles. The summed E-state index contributed by atoms with van der Waals surface area (Å²) in [7, 11) is 3.14. The number of methoxy groups -OCH3 is 2. The summed E-state index contributed by atoms with van der Waals surface area (Å²) in [6.45, 7) is 1.85. The number of carbonyl (C=O) groups excluding carboxylic acids is 2. The molecule has 0 saturated carbocycles. The van der Waals surface area contributed by atoms with Crippen molar-refractivity contribution in [1.82, 2.24) is 25.4 Å². The van der Waals surface area contributed by atoms with E-state index in [2.05, 4.69) is 20.8 Å². The van der Waals surface area contributed by atoms with Crippen LogP contribution in [-0.4, -0.2) is 52.7 Å². The minimum Gasteiger partial charge on any atom is -0.494 e. The molecule has 2 N–H and O–H groups in total. The van der Waals surface area contributed by atoms with Gasteiger partial charge in [-0.05, 0) is 31.2 Å². The molecule has 162 valence electrons. The Kier molecular flexibility index (Phi) is 5.85. The number of hydrogen-bond acceptors (Lipinski definition) is 8. The summed E-state index contributed by atoms with van der Waals surface area (Å²) in [5.74, 6) is 2.99. The topological polar surface area (TPSA) is 121 Å². The largest absolute Gasteiger partial charge is 0.494 e. The van der Waals surface area contributed by atoms with Crippen molar-refractivity contribution in [3.63, 3.8) is 0 Å². The summed E-state index contributed by atoms with van der Waals surface area (Å²) < 4.78 is 18.7. The predicted molar refractivity (Wildman–Crippen MR) is 113 cm³/mol. The lowest BCUT2D eigenvalue weighted by molar-refractivity contribution is -0.121. The molecule has 11 heteroatoms. The van der Waals surface area contributed by atoms with Crippen LogP contribution in [0.2, 0.25) is 0 Å². The molecule has 1 atom stereocenters. The van der Waals surface area contributed by atoms with E-state index in [-0.39, 0.29) is 18.4 Å². The standard InChI is InChI=1S/C20H21N5O5S/c1-11-7-8-15(30-11)18-23-24-20(31-10-12-9-16(26)22-19(27)21-12)25(18)17-13(28-2)5-4-6-14(17)29-3/h4-8,12H,9-10H2,1-3H3,(H2,21,22,26,27). The van der Waals surface area contributed by atoms with Gasteiger partial charge in [-0.25, -0.2) is 4.79 Å². The molecule has 0 bridgehead atoms. The third-order valence-electron chi connectivity index (χ3n) is 4.65. The van der Waals surface area contributed by atoms with E-state index in [0.717, 1.165) is 5.76 Å². The Morgan fingerprint density at radius 1 is 1.16 bits per heavy atom. The lowest BCUT2D eigenvalue weighted by Crippen LogP contribution is -2.53. The van der Waals surface area contributed by atoms with Gasteiger partial charge in [-0.1, -0.05) is 17.8 Å². The van der Waals surface area contributed by atoms with Gasteiger partial charge < -0.3 is 19.2 Å². The Labute approximate surface area is 182 Å². The monoisotopic (exact) mass is 443 g/mol. The van der Waals surface area contributed by atoms with Gasteiger partial charge in [-0.3, -0.25) is 14.7 Å². The number of aromatic nitrogens is 3. The van der Waals surface area contributed by atoms with E-state index < -0.39 is 6.03 Å². The van der Waals surface area contributed by atoms with E-state index in [9.17, 15) is 9.59 Å². The molecule has 1 saturated heterocycles. The fraction of sp³-hybridized carbons (Fsp3) is 0.300. The summed E-state index contributed by atoms with van der Waals surface area (Å²) in [6, 6.07) is 8.29. The molecule has 0 spiro atoms. The fourth-order valence-corrected chi connectivity index (χ4v) is 4.24. The van der Waals surface area contributed by atoms with Crippen LogP contribution < -0.4 is 20.1 Å². The summed E-state index contributed by atoms with van der Waals surface area (Å²) in [5.41, 5.74) is 0.620. The van der Waals surface area contributed by atoms with Crippen LogP contribution in [0.3, 0.4) is 0 Å². The summed E-state index contributed by atoms with van der Waals surface area (Å²) in [5, 5.41) is 14.2. The smallest absolute Gasteiger partial charge is 0.321 e. The minimum absolute atomic E-state index is 0.190. The van der Waals surface area contributed by atoms with E-state index in [1.165, 1.54) is 11.8 Å². The van der Waals surface area contributed by atoms with Gasteiger partial charge in [0.25, 0.3) is 0 Å². The summed E-state index contributed by atoms with van der Waals surface area (Å²) >= 11 is 1.36. The molecule has 3 aromatic rings. The number of nitrogens with zero attached hydrogens (tertiary/aromatic N) is 3. The number of amides is 3. The second-order valence-corrected chi connectivity index (χ2v) is 7.78. The first kappa shape index (κ1) is 20.8. The van der Waals surface area contributed by atoms with Gasteiger partial charge in [0.05, 0.1) is 14.2 Å². The number of furan rings is 1. The maximum Gasteiger partial charge on any atom is 0.321 e. The van der Waals surface area contributed by atoms with Crippen LogP contribution in [0, 0.1) is 6.92 Å². The van der Waals surface area contributed by atoms with Gasteiger partial charge >= 0.3 is 6.03 Å². The van der Waals surface area contributed by atoms with Gasteiger partial charge in [0.15, 0.2) is 10.9 Å². The lowest BCUT2D eigenvalue weighted by atomic mass is 10.2. The van der Waals surface area contributed by atoms with Crippen molar-refractivity contribution in [3.8, 4) is 28.8 Å². The highest BCUT2D eigenvalue weighted by atomic mass is 32.2. The van der Waals surface area contributed by atoms with Gasteiger partial charge in [-0.2, -0.15) is 0 Å². The fourth-order valence-electron chi connectivity index (χ4n) is 3.28. The van der Waals surface area contributed by atoms with Crippen LogP contribution in [0.15, 0.2) is 39.9 Å². The third kappa shape index (κ3) is 4.22. The number of para-hydroxylation sites is 1. The molecule has 1 unspecified atom stereocenters. The average molecular weight is 443 g/mol. The van der Waals surface area contributed by atoms with Crippen LogP contribution in [0.25, 0.3) is 17.3 Å². The number of ether oxygens (including phenoxy) is 2. The first-order chi connectivity index (χ1) is 15.0. The molecule has 3 amide bonds. The number of thioether (sulfide) groups is 1. The van der Waals surface area contributed by atoms with E-state index >= 15 is 0 Å². The van der Waals surface area contributed by atoms with Crippen molar-refractivity contribution in [2.45, 2.75) is 24.5 Å². The predicted octanol–water partition coefficient (Wildman–Crippen LogP) is 2.54. The number of benzene rings is 1. The maximum absolute atomic E-state index is 11.7. The Hall–Kier alpha value is -3.47. The molecule has 1 aliphatic rings. The Balaban J connectivity index is 1.76. The zero-order chi connectivity index (χ0) is 22.0. The highest BCUT2D eigenvalue weighted by Gasteiger charge is 2.27. The van der Waals surface area contributed by atoms with Crippen molar-refractivity contribution in [3.05, 3.63) is 36.1 Å². The second-order valence-electron chi connectivity index (χ2n) is 6.80. The minimum atomic E-state index is -0.499. The normalized spacial score (nSPS) is 16.0. The zero-order valence-corrected chi connectivity index (χ0v) is 18.0. The number of imide groups is 1. The van der Waals surface area contributed by atoms with Gasteiger partial charge in [0, 0.05) is 18.2 Å². The van der Waals surface area contributed by atoms with Crippen molar-refractivity contribution in [1.29, 1.82) is 0 Å². The van der Waals surface area contributed by atoms with Crippen LogP contribution in [0.4, 0.5) is 4.79 Å². The number of carbonyl (C=O) groups is 2. The van der Waals surface area contributed by atoms with E-state index in [4.69, 9.17) is 13.9 Å². The van der Waals surface area contributed by atoms with Gasteiger partial charge in [-0.15, -0.1) is 10.2 Å². The van der Waals surface area contributed by atoms with Crippen molar-refractivity contribution in [2.75, 3.05) is 20.0 Å². The lowest BCUT2D eigenvalue weighted by Gasteiger charge is -2.22. The second kappa shape index (κ2) is 8.72. The maximum atomic E-state index is 11.7. The highest BCUT2D eigenvalue weighted by molar-refractivity contribution is 7.99. The van der Waals surface area contributed by atoms with Gasteiger partial charge in [0.2, 0.25) is 11.7 Å². The molecular weight excluding hydrogens is 422 g/mol.